The van der Waals surface area contributed by atoms with E-state index >= 15 is 0 Å². The van der Waals surface area contributed by atoms with Gasteiger partial charge in [0.1, 0.15) is 23.7 Å². The third-order valence-corrected chi connectivity index (χ3v) is 4.37. The fourth-order valence-corrected chi connectivity index (χ4v) is 3.20. The van der Waals surface area contributed by atoms with Crippen molar-refractivity contribution in [3.05, 3.63) is 29.2 Å². The summed E-state index contributed by atoms with van der Waals surface area (Å²) < 4.78 is 2.05. The van der Waals surface area contributed by atoms with Gasteiger partial charge < -0.3 is 15.2 Å². The minimum Gasteiger partial charge on any atom is -0.360 e. The molecule has 1 atom stereocenters. The number of amides is 1. The summed E-state index contributed by atoms with van der Waals surface area (Å²) in [4.78, 5) is 21.5. The molecule has 1 aliphatic heterocycles. The van der Waals surface area contributed by atoms with Crippen molar-refractivity contribution >= 4 is 11.7 Å². The van der Waals surface area contributed by atoms with E-state index < -0.39 is 0 Å². The highest BCUT2D eigenvalue weighted by Gasteiger charge is 2.25. The number of hydrogen-bond acceptors (Lipinski definition) is 6. The lowest BCUT2D eigenvalue weighted by molar-refractivity contribution is 0.0940. The summed E-state index contributed by atoms with van der Waals surface area (Å²) in [6.07, 6.45) is 4.22. The normalized spacial score (nSPS) is 14.9. The Labute approximate surface area is 153 Å². The Morgan fingerprint density at radius 2 is 2.12 bits per heavy atom. The lowest BCUT2D eigenvalue weighted by atomic mass is 10.0. The third kappa shape index (κ3) is 3.84. The van der Waals surface area contributed by atoms with E-state index in [1.165, 1.54) is 0 Å². The number of aryl methyl sites for hydroxylation is 1. The van der Waals surface area contributed by atoms with Gasteiger partial charge in [-0.1, -0.05) is 20.8 Å². The van der Waals surface area contributed by atoms with Crippen LogP contribution in [-0.4, -0.2) is 37.2 Å². The van der Waals surface area contributed by atoms with Crippen LogP contribution in [0.2, 0.25) is 0 Å². The van der Waals surface area contributed by atoms with E-state index in [9.17, 15) is 4.79 Å². The summed E-state index contributed by atoms with van der Waals surface area (Å²) in [5.41, 5.74) is 1.38. The molecule has 0 saturated heterocycles. The highest BCUT2D eigenvalue weighted by Crippen LogP contribution is 2.25. The minimum atomic E-state index is -0.122. The number of carbonyl (C=O) groups is 1. The van der Waals surface area contributed by atoms with E-state index in [4.69, 9.17) is 4.98 Å². The van der Waals surface area contributed by atoms with Gasteiger partial charge in [-0.05, 0) is 25.7 Å². The topological polar surface area (TPSA) is 97.6 Å². The van der Waals surface area contributed by atoms with Gasteiger partial charge in [0.25, 0.3) is 5.91 Å². The second kappa shape index (κ2) is 7.80. The molecule has 0 saturated carbocycles. The van der Waals surface area contributed by atoms with Gasteiger partial charge in [-0.15, -0.1) is 10.2 Å². The molecule has 1 unspecified atom stereocenters. The van der Waals surface area contributed by atoms with Crippen LogP contribution in [0.5, 0.6) is 0 Å². The van der Waals surface area contributed by atoms with Crippen molar-refractivity contribution in [2.45, 2.75) is 59.5 Å². The number of anilines is 1. The van der Waals surface area contributed by atoms with Crippen LogP contribution in [0.3, 0.4) is 0 Å². The van der Waals surface area contributed by atoms with Crippen LogP contribution in [0.25, 0.3) is 0 Å². The lowest BCUT2D eigenvalue weighted by Gasteiger charge is -2.22. The highest BCUT2D eigenvalue weighted by atomic mass is 16.1. The molecule has 3 heterocycles. The number of nitrogens with zero attached hydrogens (tertiary/aromatic N) is 5. The van der Waals surface area contributed by atoms with E-state index in [1.54, 1.807) is 6.33 Å². The van der Waals surface area contributed by atoms with Crippen molar-refractivity contribution in [3.8, 4) is 0 Å². The molecule has 0 spiro atoms. The molecule has 0 radical (unpaired) electrons. The molecule has 8 nitrogen and oxygen atoms in total. The van der Waals surface area contributed by atoms with Crippen LogP contribution < -0.4 is 10.6 Å². The third-order valence-electron chi connectivity index (χ3n) is 4.37. The van der Waals surface area contributed by atoms with E-state index in [0.29, 0.717) is 24.0 Å². The van der Waals surface area contributed by atoms with E-state index in [1.807, 2.05) is 11.5 Å². The van der Waals surface area contributed by atoms with Gasteiger partial charge in [-0.2, -0.15) is 0 Å². The summed E-state index contributed by atoms with van der Waals surface area (Å²) in [5, 5.41) is 14.6. The maximum absolute atomic E-state index is 12.3. The first-order chi connectivity index (χ1) is 12.5. The van der Waals surface area contributed by atoms with Crippen molar-refractivity contribution in [2.75, 3.05) is 11.9 Å². The van der Waals surface area contributed by atoms with Crippen molar-refractivity contribution < 1.29 is 4.79 Å². The maximum atomic E-state index is 12.3. The Morgan fingerprint density at radius 3 is 2.85 bits per heavy atom. The summed E-state index contributed by atoms with van der Waals surface area (Å²) in [6.45, 7) is 9.87. The molecule has 2 aromatic heterocycles. The first kappa shape index (κ1) is 18.3. The van der Waals surface area contributed by atoms with Crippen LogP contribution in [0.1, 0.15) is 67.9 Å². The molecule has 0 aromatic carbocycles. The van der Waals surface area contributed by atoms with Crippen molar-refractivity contribution in [1.29, 1.82) is 0 Å². The zero-order chi connectivity index (χ0) is 18.7. The predicted octanol–water partition coefficient (Wildman–Crippen LogP) is 2.14. The number of rotatable bonds is 7. The van der Waals surface area contributed by atoms with Crippen LogP contribution in [0.4, 0.5) is 5.82 Å². The zero-order valence-electron chi connectivity index (χ0n) is 15.9. The Hall–Kier alpha value is -2.51. The second-order valence-corrected chi connectivity index (χ2v) is 7.17. The molecular weight excluding hydrogens is 330 g/mol. The van der Waals surface area contributed by atoms with Crippen LogP contribution in [0.15, 0.2) is 6.33 Å². The fourth-order valence-electron chi connectivity index (χ4n) is 3.20. The van der Waals surface area contributed by atoms with Gasteiger partial charge in [0, 0.05) is 25.1 Å². The standard InChI is InChI=1S/C18H27N7O/c1-5-8-25-10-20-24-17(25)12(4)21-16-13-6-7-19-18(26)15(13)22-14(23-16)9-11(2)3/h10-12H,5-9H2,1-4H3,(H,19,26)(H,21,22,23). The van der Waals surface area contributed by atoms with Gasteiger partial charge in [-0.25, -0.2) is 9.97 Å². The number of aromatic nitrogens is 5. The second-order valence-electron chi connectivity index (χ2n) is 7.17. The maximum Gasteiger partial charge on any atom is 0.270 e. The van der Waals surface area contributed by atoms with Gasteiger partial charge in [0.05, 0.1) is 6.04 Å². The monoisotopic (exact) mass is 357 g/mol. The number of carbonyl (C=O) groups excluding carboxylic acids is 1. The molecular formula is C18H27N7O. The summed E-state index contributed by atoms with van der Waals surface area (Å²) in [6, 6.07) is -0.0695. The summed E-state index contributed by atoms with van der Waals surface area (Å²) >= 11 is 0. The Morgan fingerprint density at radius 1 is 1.31 bits per heavy atom. The molecule has 3 rings (SSSR count). The molecule has 0 bridgehead atoms. The molecule has 26 heavy (non-hydrogen) atoms. The van der Waals surface area contributed by atoms with Crippen molar-refractivity contribution in [2.24, 2.45) is 5.92 Å². The molecule has 0 aliphatic carbocycles. The van der Waals surface area contributed by atoms with Gasteiger partial charge >= 0.3 is 0 Å². The van der Waals surface area contributed by atoms with Crippen molar-refractivity contribution in [1.82, 2.24) is 30.0 Å². The largest absolute Gasteiger partial charge is 0.360 e. The Bertz CT molecular complexity index is 784. The lowest BCUT2D eigenvalue weighted by Crippen LogP contribution is -2.34. The van der Waals surface area contributed by atoms with Crippen LogP contribution in [0, 0.1) is 5.92 Å². The zero-order valence-corrected chi connectivity index (χ0v) is 15.9. The molecule has 1 amide bonds. The first-order valence-electron chi connectivity index (χ1n) is 9.31. The van der Waals surface area contributed by atoms with Gasteiger partial charge in [-0.3, -0.25) is 4.79 Å². The molecule has 140 valence electrons. The van der Waals surface area contributed by atoms with E-state index in [0.717, 1.165) is 43.0 Å². The summed E-state index contributed by atoms with van der Waals surface area (Å²) in [7, 11) is 0. The first-order valence-corrected chi connectivity index (χ1v) is 9.31. The molecule has 2 N–H and O–H groups in total. The smallest absolute Gasteiger partial charge is 0.270 e. The average Bonchev–Trinajstić information content (AvgIpc) is 3.04. The predicted molar refractivity (Wildman–Crippen MR) is 99.0 cm³/mol. The van der Waals surface area contributed by atoms with E-state index in [-0.39, 0.29) is 11.9 Å². The Balaban J connectivity index is 1.93. The molecule has 1 aliphatic rings. The quantitative estimate of drug-likeness (QED) is 0.788. The fraction of sp³-hybridized carbons (Fsp3) is 0.611. The molecule has 2 aromatic rings. The highest BCUT2D eigenvalue weighted by molar-refractivity contribution is 5.96. The number of nitrogens with one attached hydrogen (secondary N) is 2. The average molecular weight is 357 g/mol. The molecule has 0 fully saturated rings. The van der Waals surface area contributed by atoms with Crippen molar-refractivity contribution in [3.63, 3.8) is 0 Å². The molecule has 8 heteroatoms. The Kier molecular flexibility index (Phi) is 5.49. The van der Waals surface area contributed by atoms with Crippen LogP contribution in [-0.2, 0) is 19.4 Å². The number of fused-ring (bicyclic) bond motifs is 1. The SMILES string of the molecule is CCCn1cnnc1C(C)Nc1nc(CC(C)C)nc2c1CCNC2=O. The number of hydrogen-bond donors (Lipinski definition) is 2. The minimum absolute atomic E-state index is 0.0695. The van der Waals surface area contributed by atoms with E-state index in [2.05, 4.69) is 46.6 Å². The summed E-state index contributed by atoms with van der Waals surface area (Å²) in [5.74, 6) is 2.59. The van der Waals surface area contributed by atoms with Crippen LogP contribution >= 0.6 is 0 Å². The van der Waals surface area contributed by atoms with Gasteiger partial charge in [0.15, 0.2) is 5.82 Å². The van der Waals surface area contributed by atoms with Gasteiger partial charge in [0.2, 0.25) is 0 Å².